The summed E-state index contributed by atoms with van der Waals surface area (Å²) in [6.07, 6.45) is 1.90. The molecular formula is C27H31N3O5. The van der Waals surface area contributed by atoms with E-state index in [1.54, 1.807) is 30.3 Å². The summed E-state index contributed by atoms with van der Waals surface area (Å²) in [6, 6.07) is 11.3. The number of fused-ring (bicyclic) bond motifs is 1. The molecule has 2 heterocycles. The summed E-state index contributed by atoms with van der Waals surface area (Å²) in [5.41, 5.74) is 1.27. The molecule has 0 aliphatic carbocycles. The minimum absolute atomic E-state index is 0.0449. The number of piperidine rings is 1. The van der Waals surface area contributed by atoms with E-state index in [9.17, 15) is 19.2 Å². The monoisotopic (exact) mass is 477 g/mol. The van der Waals surface area contributed by atoms with E-state index in [1.807, 2.05) is 25.7 Å². The SMILES string of the molecule is CCOc1ccc(N2C(=O)c3ccc(C(=O)NC4CCN(C(=O)CC(C)C)CC4)cc3C2=O)cc1. The first kappa shape index (κ1) is 24.4. The van der Waals surface area contributed by atoms with E-state index in [4.69, 9.17) is 4.74 Å². The third-order valence-electron chi connectivity index (χ3n) is 6.32. The normalized spacial score (nSPS) is 16.0. The molecule has 0 unspecified atom stereocenters. The molecule has 4 rings (SSSR count). The predicted octanol–water partition coefficient (Wildman–Crippen LogP) is 3.65. The maximum Gasteiger partial charge on any atom is 0.266 e. The van der Waals surface area contributed by atoms with Crippen LogP contribution in [0.4, 0.5) is 5.69 Å². The van der Waals surface area contributed by atoms with Crippen LogP contribution in [0.2, 0.25) is 0 Å². The Morgan fingerprint density at radius 1 is 1.00 bits per heavy atom. The molecule has 0 bridgehead atoms. The van der Waals surface area contributed by atoms with E-state index in [-0.39, 0.29) is 29.0 Å². The Morgan fingerprint density at radius 2 is 1.66 bits per heavy atom. The average Bonchev–Trinajstić information content (AvgIpc) is 3.09. The lowest BCUT2D eigenvalue weighted by Gasteiger charge is -2.32. The second kappa shape index (κ2) is 10.3. The fourth-order valence-corrected chi connectivity index (χ4v) is 4.49. The second-order valence-electron chi connectivity index (χ2n) is 9.36. The van der Waals surface area contributed by atoms with Gasteiger partial charge in [-0.15, -0.1) is 0 Å². The molecule has 2 aliphatic heterocycles. The van der Waals surface area contributed by atoms with Crippen molar-refractivity contribution in [1.82, 2.24) is 10.2 Å². The maximum absolute atomic E-state index is 13.1. The Labute approximate surface area is 205 Å². The summed E-state index contributed by atoms with van der Waals surface area (Å²) in [4.78, 5) is 54.1. The Hall–Kier alpha value is -3.68. The number of imide groups is 1. The van der Waals surface area contributed by atoms with Gasteiger partial charge in [0.1, 0.15) is 5.75 Å². The fraction of sp³-hybridized carbons (Fsp3) is 0.407. The van der Waals surface area contributed by atoms with E-state index in [2.05, 4.69) is 5.32 Å². The molecule has 2 aromatic carbocycles. The summed E-state index contributed by atoms with van der Waals surface area (Å²) in [5, 5.41) is 3.01. The van der Waals surface area contributed by atoms with Crippen LogP contribution in [0, 0.1) is 5.92 Å². The van der Waals surface area contributed by atoms with Crippen molar-refractivity contribution in [3.05, 3.63) is 59.2 Å². The van der Waals surface area contributed by atoms with Gasteiger partial charge in [0.15, 0.2) is 0 Å². The zero-order valence-electron chi connectivity index (χ0n) is 20.4. The van der Waals surface area contributed by atoms with Crippen molar-refractivity contribution in [2.45, 2.75) is 46.1 Å². The van der Waals surface area contributed by atoms with Gasteiger partial charge in [-0.05, 0) is 68.1 Å². The maximum atomic E-state index is 13.1. The van der Waals surface area contributed by atoms with Gasteiger partial charge >= 0.3 is 0 Å². The lowest BCUT2D eigenvalue weighted by atomic mass is 10.0. The molecule has 0 spiro atoms. The number of amides is 4. The van der Waals surface area contributed by atoms with Crippen LogP contribution in [0.1, 0.15) is 71.1 Å². The molecule has 35 heavy (non-hydrogen) atoms. The summed E-state index contributed by atoms with van der Waals surface area (Å²) >= 11 is 0. The zero-order valence-corrected chi connectivity index (χ0v) is 20.4. The first-order valence-corrected chi connectivity index (χ1v) is 12.1. The summed E-state index contributed by atoms with van der Waals surface area (Å²) in [5.74, 6) is -0.0369. The van der Waals surface area contributed by atoms with Gasteiger partial charge in [-0.25, -0.2) is 4.90 Å². The Kier molecular flexibility index (Phi) is 7.19. The number of benzene rings is 2. The number of carbonyl (C=O) groups excluding carboxylic acids is 4. The Morgan fingerprint density at radius 3 is 2.29 bits per heavy atom. The lowest BCUT2D eigenvalue weighted by molar-refractivity contribution is -0.133. The van der Waals surface area contributed by atoms with Crippen LogP contribution < -0.4 is 15.0 Å². The summed E-state index contributed by atoms with van der Waals surface area (Å²) < 4.78 is 5.42. The highest BCUT2D eigenvalue weighted by Crippen LogP contribution is 2.30. The van der Waals surface area contributed by atoms with Crippen LogP contribution in [0.15, 0.2) is 42.5 Å². The van der Waals surface area contributed by atoms with Crippen molar-refractivity contribution in [2.75, 3.05) is 24.6 Å². The van der Waals surface area contributed by atoms with E-state index in [1.165, 1.54) is 12.1 Å². The van der Waals surface area contributed by atoms with Crippen LogP contribution in [0.3, 0.4) is 0 Å². The number of nitrogens with zero attached hydrogens (tertiary/aromatic N) is 2. The molecule has 0 atom stereocenters. The van der Waals surface area contributed by atoms with Gasteiger partial charge in [0.05, 0.1) is 23.4 Å². The topological polar surface area (TPSA) is 96.0 Å². The predicted molar refractivity (Wildman–Crippen MR) is 132 cm³/mol. The molecular weight excluding hydrogens is 446 g/mol. The van der Waals surface area contributed by atoms with Crippen molar-refractivity contribution in [1.29, 1.82) is 0 Å². The molecule has 0 radical (unpaired) electrons. The van der Waals surface area contributed by atoms with Crippen LogP contribution >= 0.6 is 0 Å². The van der Waals surface area contributed by atoms with Crippen molar-refractivity contribution in [3.8, 4) is 5.75 Å². The first-order valence-electron chi connectivity index (χ1n) is 12.1. The third-order valence-corrected chi connectivity index (χ3v) is 6.32. The highest BCUT2D eigenvalue weighted by molar-refractivity contribution is 6.34. The largest absolute Gasteiger partial charge is 0.494 e. The van der Waals surface area contributed by atoms with Crippen LogP contribution in [0.25, 0.3) is 0 Å². The summed E-state index contributed by atoms with van der Waals surface area (Å²) in [7, 11) is 0. The molecule has 1 saturated heterocycles. The molecule has 8 heteroatoms. The van der Waals surface area contributed by atoms with Crippen LogP contribution in [0.5, 0.6) is 5.75 Å². The van der Waals surface area contributed by atoms with Gasteiger partial charge in [-0.1, -0.05) is 13.8 Å². The van der Waals surface area contributed by atoms with Crippen molar-refractivity contribution < 1.29 is 23.9 Å². The molecule has 2 aromatic rings. The lowest BCUT2D eigenvalue weighted by Crippen LogP contribution is -2.46. The van der Waals surface area contributed by atoms with Crippen LogP contribution in [-0.2, 0) is 4.79 Å². The van der Waals surface area contributed by atoms with Gasteiger partial charge in [0, 0.05) is 31.1 Å². The van der Waals surface area contributed by atoms with Crippen LogP contribution in [-0.4, -0.2) is 54.3 Å². The average molecular weight is 478 g/mol. The molecule has 0 aromatic heterocycles. The standard InChI is InChI=1S/C27H31N3O5/c1-4-35-21-8-6-20(7-9-21)30-26(33)22-10-5-18(16-23(22)27(30)34)25(32)28-19-11-13-29(14-12-19)24(31)15-17(2)3/h5-10,16-17,19H,4,11-15H2,1-3H3,(H,28,32). The highest BCUT2D eigenvalue weighted by Gasteiger charge is 2.37. The van der Waals surface area contributed by atoms with Crippen molar-refractivity contribution in [2.24, 2.45) is 5.92 Å². The van der Waals surface area contributed by atoms with E-state index >= 15 is 0 Å². The van der Waals surface area contributed by atoms with Gasteiger partial charge in [0.2, 0.25) is 5.91 Å². The quantitative estimate of drug-likeness (QED) is 0.614. The molecule has 2 aliphatic rings. The first-order chi connectivity index (χ1) is 16.8. The van der Waals surface area contributed by atoms with Gasteiger partial charge in [-0.2, -0.15) is 0 Å². The molecule has 0 saturated carbocycles. The third kappa shape index (κ3) is 5.21. The molecule has 4 amide bonds. The van der Waals surface area contributed by atoms with Crippen molar-refractivity contribution in [3.63, 3.8) is 0 Å². The Bertz CT molecular complexity index is 1130. The fourth-order valence-electron chi connectivity index (χ4n) is 4.49. The van der Waals surface area contributed by atoms with E-state index < -0.39 is 11.8 Å². The van der Waals surface area contributed by atoms with E-state index in [0.29, 0.717) is 61.9 Å². The second-order valence-corrected chi connectivity index (χ2v) is 9.36. The van der Waals surface area contributed by atoms with Gasteiger partial charge in [-0.3, -0.25) is 19.2 Å². The highest BCUT2D eigenvalue weighted by atomic mass is 16.5. The Balaban J connectivity index is 1.41. The van der Waals surface area contributed by atoms with Gasteiger partial charge < -0.3 is 15.0 Å². The number of ether oxygens (including phenoxy) is 1. The zero-order chi connectivity index (χ0) is 25.1. The minimum atomic E-state index is -0.458. The molecule has 8 nitrogen and oxygen atoms in total. The van der Waals surface area contributed by atoms with E-state index in [0.717, 1.165) is 4.90 Å². The number of likely N-dealkylation sites (tertiary alicyclic amines) is 1. The molecule has 184 valence electrons. The number of hydrogen-bond donors (Lipinski definition) is 1. The van der Waals surface area contributed by atoms with Crippen molar-refractivity contribution >= 4 is 29.3 Å². The molecule has 1 fully saturated rings. The number of carbonyl (C=O) groups is 4. The minimum Gasteiger partial charge on any atom is -0.494 e. The summed E-state index contributed by atoms with van der Waals surface area (Å²) in [6.45, 7) is 7.68. The number of anilines is 1. The van der Waals surface area contributed by atoms with Gasteiger partial charge in [0.25, 0.3) is 17.7 Å². The number of nitrogens with one attached hydrogen (secondary N) is 1. The number of rotatable bonds is 7. The number of hydrogen-bond acceptors (Lipinski definition) is 5. The smallest absolute Gasteiger partial charge is 0.266 e. The molecule has 1 N–H and O–H groups in total.